The van der Waals surface area contributed by atoms with E-state index in [9.17, 15) is 18.8 Å². The highest BCUT2D eigenvalue weighted by atomic mass is 19.3. The molecule has 1 aliphatic carbocycles. The molecule has 0 saturated heterocycles. The molecule has 0 heterocycles. The number of nitrogens with zero attached hydrogens (tertiary/aromatic N) is 1. The van der Waals surface area contributed by atoms with Gasteiger partial charge in [-0.05, 0) is 24.1 Å². The molecule has 0 N–H and O–H groups in total. The van der Waals surface area contributed by atoms with E-state index < -0.39 is 18.1 Å². The molecule has 2 unspecified atom stereocenters. The Morgan fingerprint density at radius 1 is 1.35 bits per heavy atom. The molecule has 0 amide bonds. The molecule has 124 valence electrons. The minimum absolute atomic E-state index is 0.0593. The number of methoxy groups -OCH3 is 2. The van der Waals surface area contributed by atoms with Gasteiger partial charge in [-0.1, -0.05) is 6.07 Å². The quantitative estimate of drug-likeness (QED) is 0.832. The third-order valence-electron chi connectivity index (χ3n) is 4.12. The Kier molecular flexibility index (Phi) is 5.16. The number of halogens is 2. The topological polar surface area (TPSA) is 68.5 Å². The minimum Gasteiger partial charge on any atom is -0.493 e. The molecule has 0 radical (unpaired) electrons. The van der Waals surface area contributed by atoms with Crippen molar-refractivity contribution in [2.75, 3.05) is 14.2 Å². The number of ether oxygens (including phenoxy) is 3. The summed E-state index contributed by atoms with van der Waals surface area (Å²) in [6.07, 6.45) is 0.00962. The highest BCUT2D eigenvalue weighted by molar-refractivity contribution is 5.84. The average Bonchev–Trinajstić information content (AvgIpc) is 2.55. The summed E-state index contributed by atoms with van der Waals surface area (Å²) in [5.74, 6) is -0.0475. The van der Waals surface area contributed by atoms with Crippen LogP contribution in [0, 0.1) is 11.3 Å². The number of nitriles is 1. The summed E-state index contributed by atoms with van der Waals surface area (Å²) in [6.45, 7) is -3.00. The molecular formula is C16H17F2NO4. The average molecular weight is 325 g/mol. The zero-order chi connectivity index (χ0) is 17.0. The SMILES string of the molecule is COc1ccc(C2(C#N)CCC(=O)C(OC)C2)cc1OC(F)F. The summed E-state index contributed by atoms with van der Waals surface area (Å²) in [6, 6.07) is 6.70. The van der Waals surface area contributed by atoms with Crippen LogP contribution in [0.25, 0.3) is 0 Å². The molecule has 0 spiro atoms. The van der Waals surface area contributed by atoms with Gasteiger partial charge in [-0.25, -0.2) is 0 Å². The molecule has 2 rings (SSSR count). The van der Waals surface area contributed by atoms with E-state index in [0.717, 1.165) is 0 Å². The van der Waals surface area contributed by atoms with Gasteiger partial charge in [0.05, 0.1) is 18.6 Å². The molecule has 0 aliphatic heterocycles. The molecular weight excluding hydrogens is 308 g/mol. The van der Waals surface area contributed by atoms with E-state index in [2.05, 4.69) is 10.8 Å². The predicted octanol–water partition coefficient (Wildman–Crippen LogP) is 2.83. The van der Waals surface area contributed by atoms with Crippen LogP contribution >= 0.6 is 0 Å². The van der Waals surface area contributed by atoms with Gasteiger partial charge in [0, 0.05) is 20.0 Å². The number of ketones is 1. The van der Waals surface area contributed by atoms with Gasteiger partial charge in [0.1, 0.15) is 6.10 Å². The third-order valence-corrected chi connectivity index (χ3v) is 4.12. The maximum atomic E-state index is 12.5. The van der Waals surface area contributed by atoms with E-state index in [-0.39, 0.29) is 30.1 Å². The molecule has 7 heteroatoms. The minimum atomic E-state index is -3.00. The second-order valence-corrected chi connectivity index (χ2v) is 5.33. The largest absolute Gasteiger partial charge is 0.493 e. The summed E-state index contributed by atoms with van der Waals surface area (Å²) in [7, 11) is 2.75. The summed E-state index contributed by atoms with van der Waals surface area (Å²) >= 11 is 0. The number of hydrogen-bond acceptors (Lipinski definition) is 5. The van der Waals surface area contributed by atoms with Gasteiger partial charge < -0.3 is 14.2 Å². The Labute approximate surface area is 132 Å². The Bertz CT molecular complexity index is 629. The smallest absolute Gasteiger partial charge is 0.387 e. The lowest BCUT2D eigenvalue weighted by molar-refractivity contribution is -0.132. The molecule has 5 nitrogen and oxygen atoms in total. The molecule has 2 atom stereocenters. The normalized spacial score (nSPS) is 24.3. The first-order valence-electron chi connectivity index (χ1n) is 7.06. The monoisotopic (exact) mass is 325 g/mol. The first-order chi connectivity index (χ1) is 11.0. The number of hydrogen-bond donors (Lipinski definition) is 0. The lowest BCUT2D eigenvalue weighted by atomic mass is 9.69. The Hall–Kier alpha value is -2.20. The predicted molar refractivity (Wildman–Crippen MR) is 76.6 cm³/mol. The van der Waals surface area contributed by atoms with Crippen LogP contribution in [0.3, 0.4) is 0 Å². The van der Waals surface area contributed by atoms with Crippen LogP contribution in [0.5, 0.6) is 11.5 Å². The van der Waals surface area contributed by atoms with Gasteiger partial charge in [-0.2, -0.15) is 14.0 Å². The maximum absolute atomic E-state index is 12.5. The maximum Gasteiger partial charge on any atom is 0.387 e. The fourth-order valence-electron chi connectivity index (χ4n) is 2.84. The van der Waals surface area contributed by atoms with Crippen LogP contribution in [0.15, 0.2) is 18.2 Å². The van der Waals surface area contributed by atoms with Crippen molar-refractivity contribution in [1.82, 2.24) is 0 Å². The van der Waals surface area contributed by atoms with Crippen molar-refractivity contribution in [2.24, 2.45) is 0 Å². The van der Waals surface area contributed by atoms with Gasteiger partial charge in [0.2, 0.25) is 0 Å². The van der Waals surface area contributed by atoms with Crippen molar-refractivity contribution in [2.45, 2.75) is 37.4 Å². The lowest BCUT2D eigenvalue weighted by Crippen LogP contribution is -2.40. The van der Waals surface area contributed by atoms with Crippen molar-refractivity contribution < 1.29 is 27.8 Å². The fourth-order valence-corrected chi connectivity index (χ4v) is 2.84. The number of carbonyl (C=O) groups excluding carboxylic acids is 1. The van der Waals surface area contributed by atoms with Crippen LogP contribution < -0.4 is 9.47 Å². The fraction of sp³-hybridized carbons (Fsp3) is 0.500. The van der Waals surface area contributed by atoms with E-state index in [4.69, 9.17) is 9.47 Å². The second kappa shape index (κ2) is 6.92. The van der Waals surface area contributed by atoms with Crippen LogP contribution in [-0.4, -0.2) is 32.7 Å². The van der Waals surface area contributed by atoms with Crippen molar-refractivity contribution >= 4 is 5.78 Å². The van der Waals surface area contributed by atoms with E-state index in [1.165, 1.54) is 26.4 Å². The summed E-state index contributed by atoms with van der Waals surface area (Å²) in [5, 5.41) is 9.66. The Balaban J connectivity index is 2.42. The van der Waals surface area contributed by atoms with Gasteiger partial charge in [-0.15, -0.1) is 0 Å². The van der Waals surface area contributed by atoms with Gasteiger partial charge in [-0.3, -0.25) is 4.79 Å². The first-order valence-corrected chi connectivity index (χ1v) is 7.06. The van der Waals surface area contributed by atoms with Crippen LogP contribution in [0.4, 0.5) is 8.78 Å². The van der Waals surface area contributed by atoms with Crippen LogP contribution in [0.1, 0.15) is 24.8 Å². The second-order valence-electron chi connectivity index (χ2n) is 5.33. The third kappa shape index (κ3) is 3.42. The zero-order valence-corrected chi connectivity index (χ0v) is 12.8. The summed E-state index contributed by atoms with van der Waals surface area (Å²) in [5.41, 5.74) is -0.479. The van der Waals surface area contributed by atoms with E-state index >= 15 is 0 Å². The van der Waals surface area contributed by atoms with Crippen molar-refractivity contribution in [1.29, 1.82) is 5.26 Å². The molecule has 1 aromatic carbocycles. The molecule has 0 aromatic heterocycles. The van der Waals surface area contributed by atoms with Gasteiger partial charge in [0.15, 0.2) is 17.3 Å². The number of benzene rings is 1. The Morgan fingerprint density at radius 3 is 2.65 bits per heavy atom. The number of alkyl halides is 2. The molecule has 1 fully saturated rings. The summed E-state index contributed by atoms with van der Waals surface area (Å²) in [4.78, 5) is 11.8. The van der Waals surface area contributed by atoms with E-state index in [1.54, 1.807) is 6.07 Å². The van der Waals surface area contributed by atoms with E-state index in [0.29, 0.717) is 12.0 Å². The van der Waals surface area contributed by atoms with Gasteiger partial charge >= 0.3 is 6.61 Å². The molecule has 1 aromatic rings. The lowest BCUT2D eigenvalue weighted by Gasteiger charge is -2.34. The number of carbonyl (C=O) groups is 1. The summed E-state index contributed by atoms with van der Waals surface area (Å²) < 4.78 is 39.7. The first kappa shape index (κ1) is 17.2. The zero-order valence-electron chi connectivity index (χ0n) is 12.8. The van der Waals surface area contributed by atoms with Crippen molar-refractivity contribution in [3.63, 3.8) is 0 Å². The van der Waals surface area contributed by atoms with Crippen molar-refractivity contribution in [3.05, 3.63) is 23.8 Å². The number of Topliss-reactive ketones (excluding diaryl/α,β-unsaturated/α-hetero) is 1. The van der Waals surface area contributed by atoms with E-state index in [1.807, 2.05) is 0 Å². The van der Waals surface area contributed by atoms with Gasteiger partial charge in [0.25, 0.3) is 0 Å². The molecule has 1 aliphatic rings. The highest BCUT2D eigenvalue weighted by Gasteiger charge is 2.42. The van der Waals surface area contributed by atoms with Crippen LogP contribution in [-0.2, 0) is 14.9 Å². The standard InChI is InChI=1S/C16H17F2NO4/c1-21-12-4-3-10(7-13(12)23-15(17)18)16(9-19)6-5-11(20)14(8-16)22-2/h3-4,7,14-15H,5-6,8H2,1-2H3. The number of rotatable bonds is 5. The molecule has 0 bridgehead atoms. The van der Waals surface area contributed by atoms with Crippen LogP contribution in [0.2, 0.25) is 0 Å². The Morgan fingerprint density at radius 2 is 2.09 bits per heavy atom. The highest BCUT2D eigenvalue weighted by Crippen LogP contribution is 2.42. The van der Waals surface area contributed by atoms with Crippen molar-refractivity contribution in [3.8, 4) is 17.6 Å². The molecule has 23 heavy (non-hydrogen) atoms. The molecule has 1 saturated carbocycles.